The molecular weight excluding hydrogens is 297 g/mol. The molecule has 21 heavy (non-hydrogen) atoms. The van der Waals surface area contributed by atoms with Gasteiger partial charge in [-0.3, -0.25) is 4.79 Å². The zero-order valence-corrected chi connectivity index (χ0v) is 12.8. The van der Waals surface area contributed by atoms with Gasteiger partial charge in [0.25, 0.3) is 0 Å². The minimum Gasteiger partial charge on any atom is -0.370 e. The van der Waals surface area contributed by atoms with Gasteiger partial charge in [-0.05, 0) is 24.6 Å². The van der Waals surface area contributed by atoms with E-state index in [1.807, 2.05) is 0 Å². The quantitative estimate of drug-likeness (QED) is 0.839. The third-order valence-corrected chi connectivity index (χ3v) is 5.10. The molecule has 1 saturated heterocycles. The fraction of sp³-hybridized carbons (Fsp3) is 0.500. The minimum absolute atomic E-state index is 0.268. The van der Waals surface area contributed by atoms with Crippen LogP contribution in [0.4, 0.5) is 4.39 Å². The summed E-state index contributed by atoms with van der Waals surface area (Å²) in [6, 6.07) is 5.87. The number of nitrogens with zero attached hydrogens (tertiary/aromatic N) is 1. The maximum atomic E-state index is 12.9. The van der Waals surface area contributed by atoms with Crippen LogP contribution in [0.25, 0.3) is 0 Å². The van der Waals surface area contributed by atoms with Gasteiger partial charge in [-0.2, -0.15) is 0 Å². The van der Waals surface area contributed by atoms with Crippen LogP contribution in [-0.2, 0) is 19.4 Å². The van der Waals surface area contributed by atoms with Crippen molar-refractivity contribution >= 4 is 15.7 Å². The molecular formula is C14H18FNO4S. The van der Waals surface area contributed by atoms with Crippen molar-refractivity contribution in [3.8, 4) is 0 Å². The third kappa shape index (κ3) is 3.79. The number of amides is 1. The van der Waals surface area contributed by atoms with E-state index in [9.17, 15) is 17.6 Å². The Morgan fingerprint density at radius 2 is 2.00 bits per heavy atom. The van der Waals surface area contributed by atoms with Crippen molar-refractivity contribution in [1.29, 1.82) is 0 Å². The molecule has 1 aromatic carbocycles. The molecule has 1 fully saturated rings. The lowest BCUT2D eigenvalue weighted by molar-refractivity contribution is -0.138. The molecule has 0 radical (unpaired) electrons. The summed E-state index contributed by atoms with van der Waals surface area (Å²) in [6.07, 6.45) is 0.683. The Bertz CT molecular complexity index is 614. The molecule has 0 aromatic heterocycles. The van der Waals surface area contributed by atoms with E-state index in [0.717, 1.165) is 11.8 Å². The van der Waals surface area contributed by atoms with Crippen molar-refractivity contribution in [2.75, 3.05) is 26.0 Å². The average molecular weight is 315 g/mol. The Morgan fingerprint density at radius 1 is 1.38 bits per heavy atom. The van der Waals surface area contributed by atoms with Crippen LogP contribution in [0.2, 0.25) is 0 Å². The van der Waals surface area contributed by atoms with Gasteiger partial charge in [-0.15, -0.1) is 0 Å². The van der Waals surface area contributed by atoms with Gasteiger partial charge in [0.05, 0.1) is 13.2 Å². The number of rotatable bonds is 3. The molecule has 1 aromatic rings. The Hall–Kier alpha value is -1.47. The van der Waals surface area contributed by atoms with Crippen LogP contribution < -0.4 is 0 Å². The van der Waals surface area contributed by atoms with Crippen LogP contribution in [0.15, 0.2) is 24.3 Å². The Balaban J connectivity index is 2.10. The molecule has 0 unspecified atom stereocenters. The zero-order chi connectivity index (χ0) is 15.6. The first-order chi connectivity index (χ1) is 9.79. The van der Waals surface area contributed by atoms with E-state index in [-0.39, 0.29) is 18.5 Å². The minimum atomic E-state index is -3.42. The zero-order valence-electron chi connectivity index (χ0n) is 12.0. The summed E-state index contributed by atoms with van der Waals surface area (Å²) in [6.45, 7) is 2.34. The van der Waals surface area contributed by atoms with Crippen LogP contribution in [0, 0.1) is 5.82 Å². The van der Waals surface area contributed by atoms with Crippen molar-refractivity contribution < 1.29 is 22.3 Å². The van der Waals surface area contributed by atoms with E-state index in [1.165, 1.54) is 24.0 Å². The highest BCUT2D eigenvalue weighted by Crippen LogP contribution is 2.23. The lowest BCUT2D eigenvalue weighted by atomic mass is 10.1. The van der Waals surface area contributed by atoms with Gasteiger partial charge >= 0.3 is 0 Å². The molecule has 1 heterocycles. The molecule has 116 valence electrons. The van der Waals surface area contributed by atoms with Crippen molar-refractivity contribution in [2.45, 2.75) is 18.3 Å². The molecule has 0 aliphatic carbocycles. The molecule has 5 nitrogen and oxygen atoms in total. The van der Waals surface area contributed by atoms with E-state index in [4.69, 9.17) is 4.74 Å². The summed E-state index contributed by atoms with van der Waals surface area (Å²) < 4.78 is 41.5. The molecule has 1 amide bonds. The largest absolute Gasteiger partial charge is 0.370 e. The Kier molecular flexibility index (Phi) is 4.63. The molecule has 0 N–H and O–H groups in total. The Morgan fingerprint density at radius 3 is 2.57 bits per heavy atom. The second-order valence-corrected chi connectivity index (χ2v) is 7.53. The normalized spacial score (nSPS) is 21.1. The molecule has 7 heteroatoms. The highest BCUT2D eigenvalue weighted by molar-refractivity contribution is 7.92. The van der Waals surface area contributed by atoms with Crippen molar-refractivity contribution in [1.82, 2.24) is 4.90 Å². The maximum absolute atomic E-state index is 12.9. The molecule has 0 spiro atoms. The summed E-state index contributed by atoms with van der Waals surface area (Å²) in [4.78, 5) is 13.7. The summed E-state index contributed by atoms with van der Waals surface area (Å²) in [5.74, 6) is -0.763. The Labute approximate surface area is 123 Å². The number of morpholine rings is 1. The van der Waals surface area contributed by atoms with Crippen LogP contribution in [0.3, 0.4) is 0 Å². The monoisotopic (exact) mass is 315 g/mol. The lowest BCUT2D eigenvalue weighted by Gasteiger charge is -2.34. The lowest BCUT2D eigenvalue weighted by Crippen LogP contribution is -2.47. The molecule has 0 saturated carbocycles. The fourth-order valence-electron chi connectivity index (χ4n) is 2.17. The second-order valence-electron chi connectivity index (χ2n) is 5.17. The van der Waals surface area contributed by atoms with Crippen molar-refractivity contribution in [2.24, 2.45) is 0 Å². The van der Waals surface area contributed by atoms with Crippen molar-refractivity contribution in [3.63, 3.8) is 0 Å². The first-order valence-electron chi connectivity index (χ1n) is 6.64. The topological polar surface area (TPSA) is 63.7 Å². The number of carbonyl (C=O) groups excluding carboxylic acids is 1. The van der Waals surface area contributed by atoms with E-state index in [1.54, 1.807) is 12.1 Å². The van der Waals surface area contributed by atoms with Gasteiger partial charge in [0.2, 0.25) is 5.91 Å². The number of halogens is 1. The van der Waals surface area contributed by atoms with Crippen LogP contribution >= 0.6 is 0 Å². The van der Waals surface area contributed by atoms with Crippen LogP contribution in [-0.4, -0.2) is 50.4 Å². The smallest absolute Gasteiger partial charge is 0.240 e. The maximum Gasteiger partial charge on any atom is 0.240 e. The predicted octanol–water partition coefficient (Wildman–Crippen LogP) is 1.16. The van der Waals surface area contributed by atoms with Crippen molar-refractivity contribution in [3.05, 3.63) is 35.6 Å². The van der Waals surface area contributed by atoms with Gasteiger partial charge in [0.1, 0.15) is 17.2 Å². The van der Waals surface area contributed by atoms with E-state index < -0.39 is 21.0 Å². The molecule has 0 bridgehead atoms. The second kappa shape index (κ2) is 6.11. The predicted molar refractivity (Wildman–Crippen MR) is 76.0 cm³/mol. The number of ether oxygens (including phenoxy) is 1. The van der Waals surface area contributed by atoms with Gasteiger partial charge < -0.3 is 9.64 Å². The standard InChI is InChI=1S/C14H18FNO4S/c1-10(21(2,18)19)14(17)16-7-8-20-13(9-16)11-3-5-12(15)6-4-11/h3-6,10,13H,7-9H2,1-2H3/t10-,13-/m0/s1. The summed E-state index contributed by atoms with van der Waals surface area (Å²) in [5, 5.41) is -1.07. The van der Waals surface area contributed by atoms with E-state index >= 15 is 0 Å². The van der Waals surface area contributed by atoms with Crippen LogP contribution in [0.5, 0.6) is 0 Å². The van der Waals surface area contributed by atoms with Gasteiger partial charge in [-0.25, -0.2) is 12.8 Å². The van der Waals surface area contributed by atoms with Gasteiger partial charge in [-0.1, -0.05) is 12.1 Å². The number of hydrogen-bond acceptors (Lipinski definition) is 4. The number of sulfone groups is 1. The summed E-state index contributed by atoms with van der Waals surface area (Å²) in [5.41, 5.74) is 0.765. The first-order valence-corrected chi connectivity index (χ1v) is 8.59. The third-order valence-electron chi connectivity index (χ3n) is 3.61. The summed E-state index contributed by atoms with van der Waals surface area (Å²) in [7, 11) is -3.42. The first kappa shape index (κ1) is 15.9. The highest BCUT2D eigenvalue weighted by Gasteiger charge is 2.32. The number of hydrogen-bond donors (Lipinski definition) is 0. The summed E-state index contributed by atoms with van der Waals surface area (Å²) >= 11 is 0. The van der Waals surface area contributed by atoms with E-state index in [2.05, 4.69) is 0 Å². The van der Waals surface area contributed by atoms with Gasteiger partial charge in [0.15, 0.2) is 9.84 Å². The molecule has 1 aliphatic heterocycles. The van der Waals surface area contributed by atoms with E-state index in [0.29, 0.717) is 13.2 Å². The molecule has 2 atom stereocenters. The fourth-order valence-corrected chi connectivity index (χ4v) is 2.68. The average Bonchev–Trinajstić information content (AvgIpc) is 2.45. The number of carbonyl (C=O) groups is 1. The highest BCUT2D eigenvalue weighted by atomic mass is 32.2. The molecule has 2 rings (SSSR count). The molecule has 1 aliphatic rings. The number of benzene rings is 1. The van der Waals surface area contributed by atoms with Crippen LogP contribution in [0.1, 0.15) is 18.6 Å². The van der Waals surface area contributed by atoms with Gasteiger partial charge in [0, 0.05) is 12.8 Å². The SMILES string of the molecule is C[C@@H](C(=O)N1CCO[C@H](c2ccc(F)cc2)C1)S(C)(=O)=O.